The van der Waals surface area contributed by atoms with Gasteiger partial charge in [0.25, 0.3) is 5.69 Å². The topological polar surface area (TPSA) is 73.6 Å². The van der Waals surface area contributed by atoms with Gasteiger partial charge in [-0.25, -0.2) is 4.99 Å². The van der Waals surface area contributed by atoms with Crippen LogP contribution >= 0.6 is 11.3 Å². The molecule has 0 radical (unpaired) electrons. The molecule has 31 heavy (non-hydrogen) atoms. The normalized spacial score (nSPS) is 19.7. The Hall–Kier alpha value is -3.19. The van der Waals surface area contributed by atoms with E-state index in [9.17, 15) is 10.1 Å². The van der Waals surface area contributed by atoms with Gasteiger partial charge in [0.15, 0.2) is 10.6 Å². The monoisotopic (exact) mass is 433 g/mol. The second-order valence-corrected chi connectivity index (χ2v) is 8.95. The average molecular weight is 434 g/mol. The van der Waals surface area contributed by atoms with Crippen molar-refractivity contribution in [1.29, 1.82) is 0 Å². The Morgan fingerprint density at radius 3 is 2.71 bits per heavy atom. The highest BCUT2D eigenvalue weighted by atomic mass is 32.1. The molecule has 7 heteroatoms. The number of fused-ring (bicyclic) bond motifs is 1. The van der Waals surface area contributed by atoms with Gasteiger partial charge in [-0.1, -0.05) is 50.1 Å². The van der Waals surface area contributed by atoms with Gasteiger partial charge in [-0.15, -0.1) is 11.3 Å². The van der Waals surface area contributed by atoms with Gasteiger partial charge in [0, 0.05) is 22.9 Å². The number of nitro benzene ring substituents is 1. The molecule has 1 aliphatic carbocycles. The number of hydrogen-bond acceptors (Lipinski definition) is 5. The molecule has 158 valence electrons. The van der Waals surface area contributed by atoms with E-state index < -0.39 is 0 Å². The van der Waals surface area contributed by atoms with E-state index in [1.807, 2.05) is 24.3 Å². The molecule has 6 nitrogen and oxygen atoms in total. The van der Waals surface area contributed by atoms with Gasteiger partial charge in [-0.2, -0.15) is 0 Å². The van der Waals surface area contributed by atoms with E-state index in [0.717, 1.165) is 40.1 Å². The van der Waals surface area contributed by atoms with Gasteiger partial charge in [0.2, 0.25) is 0 Å². The van der Waals surface area contributed by atoms with E-state index in [-0.39, 0.29) is 16.7 Å². The van der Waals surface area contributed by atoms with Crippen LogP contribution in [0.15, 0.2) is 69.4 Å². The molecule has 1 aliphatic rings. The summed E-state index contributed by atoms with van der Waals surface area (Å²) < 4.78 is 8.44. The van der Waals surface area contributed by atoms with Crippen LogP contribution in [0.3, 0.4) is 0 Å². The molecule has 5 rings (SSSR count). The van der Waals surface area contributed by atoms with Crippen molar-refractivity contribution < 1.29 is 9.34 Å². The largest absolute Gasteiger partial charge is 0.454 e. The Bertz CT molecular complexity index is 1280. The van der Waals surface area contributed by atoms with Crippen LogP contribution in [0.1, 0.15) is 38.6 Å². The summed E-state index contributed by atoms with van der Waals surface area (Å²) in [4.78, 5) is 16.7. The molecule has 0 amide bonds. The van der Waals surface area contributed by atoms with Crippen molar-refractivity contribution in [1.82, 2.24) is 4.57 Å². The minimum Gasteiger partial charge on any atom is -0.454 e. The third-order valence-corrected chi connectivity index (χ3v) is 6.95. The van der Waals surface area contributed by atoms with Crippen LogP contribution in [0.25, 0.3) is 22.4 Å². The van der Waals surface area contributed by atoms with Gasteiger partial charge in [-0.3, -0.25) is 10.1 Å². The molecule has 2 atom stereocenters. The zero-order valence-electron chi connectivity index (χ0n) is 17.2. The van der Waals surface area contributed by atoms with Gasteiger partial charge >= 0.3 is 0 Å². The molecule has 4 aromatic rings. The maximum Gasteiger partial charge on any atom is 0.294 e. The molecule has 0 aliphatic heterocycles. The molecular weight excluding hydrogens is 410 g/mol. The predicted octanol–water partition coefficient (Wildman–Crippen LogP) is 6.85. The number of benzene rings is 2. The summed E-state index contributed by atoms with van der Waals surface area (Å²) >= 11 is 1.51. The van der Waals surface area contributed by atoms with Gasteiger partial charge in [0.05, 0.1) is 10.6 Å². The molecule has 2 heterocycles. The lowest BCUT2D eigenvalue weighted by Crippen LogP contribution is -2.28. The molecule has 2 aromatic carbocycles. The summed E-state index contributed by atoms with van der Waals surface area (Å²) in [6.45, 7) is 2.28. The summed E-state index contributed by atoms with van der Waals surface area (Å²) in [5.41, 5.74) is 2.23. The first kappa shape index (κ1) is 19.8. The van der Waals surface area contributed by atoms with E-state index in [1.165, 1.54) is 30.2 Å². The Labute approximate surface area is 183 Å². The van der Waals surface area contributed by atoms with Crippen LogP contribution in [0.5, 0.6) is 0 Å². The van der Waals surface area contributed by atoms with Crippen molar-refractivity contribution in [3.8, 4) is 11.5 Å². The fraction of sp³-hybridized carbons (Fsp3) is 0.292. The number of aromatic nitrogens is 1. The van der Waals surface area contributed by atoms with Crippen LogP contribution in [-0.2, 0) is 0 Å². The van der Waals surface area contributed by atoms with Gasteiger partial charge in [-0.05, 0) is 37.0 Å². The van der Waals surface area contributed by atoms with Crippen LogP contribution in [-0.4, -0.2) is 9.49 Å². The fourth-order valence-corrected chi connectivity index (χ4v) is 5.45. The zero-order valence-corrected chi connectivity index (χ0v) is 18.0. The maximum absolute atomic E-state index is 11.5. The standard InChI is InChI=1S/C24H23N3O3S/c1-16-8-2-5-11-19(16)26-21(23-14-17-9-3-7-13-22(17)30-23)15-31-24(26)25-18-10-4-6-12-20(18)27(28)29/h3-4,6-7,9-10,12-16,19H,2,5,8,11H2,1H3. The first-order valence-corrected chi connectivity index (χ1v) is 11.5. The Kier molecular flexibility index (Phi) is 5.19. The lowest BCUT2D eigenvalue weighted by Gasteiger charge is -2.31. The molecule has 0 spiro atoms. The lowest BCUT2D eigenvalue weighted by molar-refractivity contribution is -0.384. The number of rotatable bonds is 4. The molecule has 1 saturated carbocycles. The van der Waals surface area contributed by atoms with E-state index >= 15 is 0 Å². The van der Waals surface area contributed by atoms with E-state index in [2.05, 4.69) is 22.9 Å². The van der Waals surface area contributed by atoms with Crippen molar-refractivity contribution in [2.45, 2.75) is 38.6 Å². The fourth-order valence-electron chi connectivity index (χ4n) is 4.51. The van der Waals surface area contributed by atoms with Crippen molar-refractivity contribution in [2.75, 3.05) is 0 Å². The number of thiazole rings is 1. The lowest BCUT2D eigenvalue weighted by atomic mass is 9.85. The predicted molar refractivity (Wildman–Crippen MR) is 123 cm³/mol. The van der Waals surface area contributed by atoms with Gasteiger partial charge < -0.3 is 8.98 Å². The number of hydrogen-bond donors (Lipinski definition) is 0. The molecule has 0 bridgehead atoms. The highest BCUT2D eigenvalue weighted by Gasteiger charge is 2.27. The Balaban J connectivity index is 1.72. The van der Waals surface area contributed by atoms with Crippen LogP contribution in [0.2, 0.25) is 0 Å². The van der Waals surface area contributed by atoms with Crippen molar-refractivity contribution in [2.24, 2.45) is 10.9 Å². The Morgan fingerprint density at radius 1 is 1.13 bits per heavy atom. The maximum atomic E-state index is 11.5. The first-order valence-electron chi connectivity index (χ1n) is 10.6. The molecule has 2 unspecified atom stereocenters. The van der Waals surface area contributed by atoms with E-state index in [4.69, 9.17) is 9.41 Å². The molecule has 1 fully saturated rings. The minimum absolute atomic E-state index is 0.0180. The summed E-state index contributed by atoms with van der Waals surface area (Å²) in [7, 11) is 0. The van der Waals surface area contributed by atoms with Crippen LogP contribution < -0.4 is 4.80 Å². The molecule has 2 aromatic heterocycles. The first-order chi connectivity index (χ1) is 15.1. The SMILES string of the molecule is CC1CCCCC1n1c(-c2cc3ccccc3o2)csc1=Nc1ccccc1[N+](=O)[O-]. The second-order valence-electron chi connectivity index (χ2n) is 8.11. The molecule has 0 N–H and O–H groups in total. The number of nitrogens with zero attached hydrogens (tertiary/aromatic N) is 3. The van der Waals surface area contributed by atoms with Crippen molar-refractivity contribution >= 4 is 33.7 Å². The van der Waals surface area contributed by atoms with E-state index in [1.54, 1.807) is 18.2 Å². The summed E-state index contributed by atoms with van der Waals surface area (Å²) in [6.07, 6.45) is 4.63. The van der Waals surface area contributed by atoms with Crippen LogP contribution in [0.4, 0.5) is 11.4 Å². The third-order valence-electron chi connectivity index (χ3n) is 6.11. The number of para-hydroxylation sites is 3. The molecular formula is C24H23N3O3S. The summed E-state index contributed by atoms with van der Waals surface area (Å²) in [5.74, 6) is 1.30. The smallest absolute Gasteiger partial charge is 0.294 e. The second kappa shape index (κ2) is 8.15. The number of nitro groups is 1. The third kappa shape index (κ3) is 3.70. The Morgan fingerprint density at radius 2 is 1.90 bits per heavy atom. The van der Waals surface area contributed by atoms with E-state index in [0.29, 0.717) is 11.6 Å². The van der Waals surface area contributed by atoms with Crippen molar-refractivity contribution in [3.05, 3.63) is 74.9 Å². The molecule has 0 saturated heterocycles. The van der Waals surface area contributed by atoms with Crippen molar-refractivity contribution in [3.63, 3.8) is 0 Å². The summed E-state index contributed by atoms with van der Waals surface area (Å²) in [5, 5.41) is 14.6. The quantitative estimate of drug-likeness (QED) is 0.261. The van der Waals surface area contributed by atoms with Crippen LogP contribution in [0, 0.1) is 16.0 Å². The van der Waals surface area contributed by atoms with Gasteiger partial charge in [0.1, 0.15) is 11.3 Å². The number of furan rings is 1. The highest BCUT2D eigenvalue weighted by molar-refractivity contribution is 7.07. The minimum atomic E-state index is -0.375. The summed E-state index contributed by atoms with van der Waals surface area (Å²) in [6, 6.07) is 17.0. The highest BCUT2D eigenvalue weighted by Crippen LogP contribution is 2.38. The zero-order chi connectivity index (χ0) is 21.4. The average Bonchev–Trinajstić information content (AvgIpc) is 3.38.